The third-order valence-electron chi connectivity index (χ3n) is 6.31. The van der Waals surface area contributed by atoms with Crippen LogP contribution in [0.15, 0.2) is 71.6 Å². The lowest BCUT2D eigenvalue weighted by molar-refractivity contribution is -0.138. The molecule has 4 rings (SSSR count). The number of hydrogen-bond acceptors (Lipinski definition) is 9. The molecule has 42 heavy (non-hydrogen) atoms. The molecular weight excluding hydrogens is 580 g/mol. The maximum atomic E-state index is 13.3. The van der Waals surface area contributed by atoms with Crippen molar-refractivity contribution in [1.29, 1.82) is 0 Å². The number of anilines is 3. The monoisotopic (exact) mass is 614 g/mol. The van der Waals surface area contributed by atoms with Gasteiger partial charge in [0.15, 0.2) is 0 Å². The van der Waals surface area contributed by atoms with Crippen molar-refractivity contribution in [3.63, 3.8) is 0 Å². The summed E-state index contributed by atoms with van der Waals surface area (Å²) in [6.07, 6.45) is -0.317. The van der Waals surface area contributed by atoms with E-state index < -0.39 is 34.0 Å². The number of ether oxygens (including phenoxy) is 2. The van der Waals surface area contributed by atoms with E-state index in [0.29, 0.717) is 31.9 Å². The van der Waals surface area contributed by atoms with E-state index in [0.717, 1.165) is 21.3 Å². The van der Waals surface area contributed by atoms with Crippen molar-refractivity contribution in [2.24, 2.45) is 0 Å². The number of sulfonamides is 1. The third-order valence-corrected chi connectivity index (χ3v) is 9.31. The first kappa shape index (κ1) is 30.8. The minimum Gasteiger partial charge on any atom is -0.468 e. The predicted octanol–water partition coefficient (Wildman–Crippen LogP) is 4.43. The molecule has 2 heterocycles. The number of benzene rings is 2. The highest BCUT2D eigenvalue weighted by Crippen LogP contribution is 2.31. The Labute approximate surface area is 249 Å². The van der Waals surface area contributed by atoms with Crippen molar-refractivity contribution in [1.82, 2.24) is 4.90 Å². The van der Waals surface area contributed by atoms with Crippen LogP contribution in [0.3, 0.4) is 0 Å². The van der Waals surface area contributed by atoms with Crippen LogP contribution in [-0.2, 0) is 24.3 Å². The summed E-state index contributed by atoms with van der Waals surface area (Å²) in [6, 6.07) is 18.1. The smallest absolute Gasteiger partial charge is 0.410 e. The van der Waals surface area contributed by atoms with Crippen LogP contribution in [0.4, 0.5) is 21.2 Å². The zero-order chi connectivity index (χ0) is 30.5. The molecule has 2 aromatic carbocycles. The van der Waals surface area contributed by atoms with Crippen LogP contribution in [0.1, 0.15) is 30.4 Å². The molecule has 3 aromatic rings. The van der Waals surface area contributed by atoms with Crippen molar-refractivity contribution >= 4 is 55.7 Å². The van der Waals surface area contributed by atoms with Crippen LogP contribution in [-0.4, -0.2) is 76.7 Å². The fraction of sp³-hybridized carbons (Fsp3) is 0.345. The van der Waals surface area contributed by atoms with Gasteiger partial charge >= 0.3 is 12.1 Å². The van der Waals surface area contributed by atoms with Gasteiger partial charge in [-0.25, -0.2) is 17.5 Å². The van der Waals surface area contributed by atoms with Gasteiger partial charge in [0.25, 0.3) is 15.9 Å². The molecule has 0 saturated carbocycles. The molecule has 1 N–H and O–H groups in total. The van der Waals surface area contributed by atoms with Gasteiger partial charge in [0, 0.05) is 37.6 Å². The van der Waals surface area contributed by atoms with Crippen molar-refractivity contribution in [2.75, 3.05) is 54.4 Å². The Balaban J connectivity index is 1.40. The topological polar surface area (TPSA) is 126 Å². The average molecular weight is 615 g/mol. The maximum Gasteiger partial charge on any atom is 0.410 e. The van der Waals surface area contributed by atoms with E-state index in [1.165, 1.54) is 31.4 Å². The Morgan fingerprint density at radius 3 is 2.17 bits per heavy atom. The minimum absolute atomic E-state index is 0.0136. The van der Waals surface area contributed by atoms with Gasteiger partial charge in [-0.15, -0.1) is 11.3 Å². The summed E-state index contributed by atoms with van der Waals surface area (Å²) >= 11 is 0.950. The molecule has 11 nitrogen and oxygen atoms in total. The Bertz CT molecular complexity index is 1510. The van der Waals surface area contributed by atoms with Gasteiger partial charge in [-0.1, -0.05) is 18.2 Å². The molecule has 1 aromatic heterocycles. The number of hydrogen-bond donors (Lipinski definition) is 1. The number of nitrogens with zero attached hydrogens (tertiary/aromatic N) is 3. The molecule has 1 fully saturated rings. The Hall–Kier alpha value is -4.10. The van der Waals surface area contributed by atoms with Gasteiger partial charge in [0.2, 0.25) is 0 Å². The van der Waals surface area contributed by atoms with E-state index in [2.05, 4.69) is 10.2 Å². The average Bonchev–Trinajstić information content (AvgIpc) is 3.46. The molecule has 0 spiro atoms. The van der Waals surface area contributed by atoms with Gasteiger partial charge in [-0.3, -0.25) is 9.59 Å². The van der Waals surface area contributed by atoms with E-state index in [4.69, 9.17) is 9.47 Å². The maximum absolute atomic E-state index is 13.3. The quantitative estimate of drug-likeness (QED) is 0.370. The van der Waals surface area contributed by atoms with E-state index in [-0.39, 0.29) is 20.9 Å². The summed E-state index contributed by atoms with van der Waals surface area (Å²) in [5.41, 5.74) is 0.982. The van der Waals surface area contributed by atoms with Gasteiger partial charge in [0.1, 0.15) is 17.1 Å². The number of carbonyl (C=O) groups excluding carboxylic acids is 3. The van der Waals surface area contributed by atoms with E-state index in [1.54, 1.807) is 35.2 Å². The summed E-state index contributed by atoms with van der Waals surface area (Å²) in [5.74, 6) is -1.15. The molecule has 13 heteroatoms. The number of piperazine rings is 1. The lowest BCUT2D eigenvalue weighted by atomic mass is 10.2. The highest BCUT2D eigenvalue weighted by Gasteiger charge is 2.29. The summed E-state index contributed by atoms with van der Waals surface area (Å²) in [7, 11) is -2.91. The first-order chi connectivity index (χ1) is 19.9. The number of esters is 1. The predicted molar refractivity (Wildman–Crippen MR) is 162 cm³/mol. The van der Waals surface area contributed by atoms with Crippen LogP contribution < -0.4 is 14.5 Å². The van der Waals surface area contributed by atoms with Crippen LogP contribution in [0.5, 0.6) is 0 Å². The minimum atomic E-state index is -4.08. The molecule has 1 aliphatic heterocycles. The van der Waals surface area contributed by atoms with E-state index >= 15 is 0 Å². The molecule has 0 radical (unpaired) electrons. The van der Waals surface area contributed by atoms with Crippen molar-refractivity contribution in [3.05, 3.63) is 71.6 Å². The molecule has 0 unspecified atom stereocenters. The van der Waals surface area contributed by atoms with Crippen molar-refractivity contribution in [3.8, 4) is 0 Å². The van der Waals surface area contributed by atoms with E-state index in [9.17, 15) is 22.8 Å². The van der Waals surface area contributed by atoms with Crippen molar-refractivity contribution in [2.45, 2.75) is 31.3 Å². The second-order valence-corrected chi connectivity index (χ2v) is 13.4. The fourth-order valence-electron chi connectivity index (χ4n) is 4.19. The number of methoxy groups -OCH3 is 1. The molecule has 0 bridgehead atoms. The summed E-state index contributed by atoms with van der Waals surface area (Å²) in [5, 5.41) is 3.03. The number of amides is 2. The van der Waals surface area contributed by atoms with Gasteiger partial charge < -0.3 is 24.6 Å². The second-order valence-electron chi connectivity index (χ2n) is 10.5. The highest BCUT2D eigenvalue weighted by molar-refractivity contribution is 7.93. The lowest BCUT2D eigenvalue weighted by Crippen LogP contribution is -2.50. The summed E-state index contributed by atoms with van der Waals surface area (Å²) < 4.78 is 37.7. The number of nitrogens with one attached hydrogen (secondary N) is 1. The van der Waals surface area contributed by atoms with Crippen LogP contribution in [0.25, 0.3) is 0 Å². The van der Waals surface area contributed by atoms with Crippen LogP contribution >= 0.6 is 11.3 Å². The normalized spacial score (nSPS) is 13.8. The number of thiophene rings is 1. The summed E-state index contributed by atoms with van der Waals surface area (Å²) in [6.45, 7) is 7.37. The molecule has 224 valence electrons. The molecule has 0 aliphatic carbocycles. The van der Waals surface area contributed by atoms with Gasteiger partial charge in [-0.2, -0.15) is 0 Å². The lowest BCUT2D eigenvalue weighted by Gasteiger charge is -2.36. The molecule has 1 saturated heterocycles. The Morgan fingerprint density at radius 1 is 0.929 bits per heavy atom. The third kappa shape index (κ3) is 7.59. The van der Waals surface area contributed by atoms with Crippen LogP contribution in [0.2, 0.25) is 0 Å². The molecular formula is C29H34N4O7S2. The molecule has 1 aliphatic rings. The van der Waals surface area contributed by atoms with Crippen molar-refractivity contribution < 1.29 is 32.3 Å². The highest BCUT2D eigenvalue weighted by atomic mass is 32.2. The SMILES string of the molecule is COC(=O)CN(c1ccc(C(=O)Nc2ccc(N3CCN(C(=O)OC(C)(C)C)CC3)cc2)s1)S(=O)(=O)c1ccccc1. The van der Waals surface area contributed by atoms with Gasteiger partial charge in [0.05, 0.1) is 16.9 Å². The molecule has 0 atom stereocenters. The zero-order valence-corrected chi connectivity index (χ0v) is 25.5. The Kier molecular flexibility index (Phi) is 9.42. The first-order valence-electron chi connectivity index (χ1n) is 13.3. The summed E-state index contributed by atoms with van der Waals surface area (Å²) in [4.78, 5) is 41.5. The number of carbonyl (C=O) groups is 3. The van der Waals surface area contributed by atoms with E-state index in [1.807, 2.05) is 32.9 Å². The standard InChI is InChI=1S/C29H34N4O7S2/c1-29(2,3)40-28(36)32-18-16-31(17-19-32)22-12-10-21(11-13-22)30-27(35)24-14-15-25(41-24)33(20-26(34)39-4)42(37,38)23-8-6-5-7-9-23/h5-15H,16-20H2,1-4H3,(H,30,35). The second kappa shape index (κ2) is 12.8. The van der Waals surface area contributed by atoms with Gasteiger partial charge in [-0.05, 0) is 69.3 Å². The molecule has 2 amide bonds. The first-order valence-corrected chi connectivity index (χ1v) is 15.5. The largest absolute Gasteiger partial charge is 0.468 e. The zero-order valence-electron chi connectivity index (χ0n) is 23.9. The van der Waals surface area contributed by atoms with Crippen LogP contribution in [0, 0.1) is 0 Å². The fourth-order valence-corrected chi connectivity index (χ4v) is 6.73. The Morgan fingerprint density at radius 2 is 1.57 bits per heavy atom. The number of rotatable bonds is 8.